The average Bonchev–Trinajstić information content (AvgIpc) is 2.03. The van der Waals surface area contributed by atoms with Crippen LogP contribution in [0.1, 0.15) is 12.5 Å². The van der Waals surface area contributed by atoms with Crippen LogP contribution in [0, 0.1) is 0 Å². The van der Waals surface area contributed by atoms with Crippen molar-refractivity contribution in [3.05, 3.63) is 29.8 Å². The van der Waals surface area contributed by atoms with Gasteiger partial charge < -0.3 is 0 Å². The number of aryl methyl sites for hydroxylation is 1. The van der Waals surface area contributed by atoms with Crippen LogP contribution < -0.4 is 4.48 Å². The second-order valence-electron chi connectivity index (χ2n) is 3.99. The molecule has 0 atom stereocenters. The number of benzene rings is 1. The normalized spacial score (nSPS) is 10.8. The third kappa shape index (κ3) is 3.31. The van der Waals surface area contributed by atoms with E-state index in [1.807, 2.05) is 0 Å². The molecular weight excluding hydrogens is 265 g/mol. The van der Waals surface area contributed by atoms with Crippen LogP contribution >= 0.6 is 0 Å². The van der Waals surface area contributed by atoms with Gasteiger partial charge in [-0.3, -0.25) is 4.48 Å². The fourth-order valence-corrected chi connectivity index (χ4v) is 1.46. The van der Waals surface area contributed by atoms with Crippen molar-refractivity contribution in [3.63, 3.8) is 0 Å². The molecule has 4 radical (unpaired) electrons. The Balaban J connectivity index is 0.00000144. The van der Waals surface area contributed by atoms with Gasteiger partial charge in [-0.25, -0.2) is 0 Å². The molecule has 0 aromatic heterocycles. The van der Waals surface area contributed by atoms with Crippen molar-refractivity contribution in [3.8, 4) is 0 Å². The maximum Gasteiger partial charge on any atom is 0.135 e. The van der Waals surface area contributed by atoms with E-state index in [4.69, 9.17) is 0 Å². The van der Waals surface area contributed by atoms with Crippen LogP contribution in [0.4, 0.5) is 5.69 Å². The molecule has 70 valence electrons. The summed E-state index contributed by atoms with van der Waals surface area (Å²) in [6.45, 7) is 2.20. The molecule has 1 aromatic carbocycles. The third-order valence-corrected chi connectivity index (χ3v) is 2.10. The van der Waals surface area contributed by atoms with Gasteiger partial charge in [-0.15, -0.1) is 0 Å². The second-order valence-corrected chi connectivity index (χ2v) is 3.99. The van der Waals surface area contributed by atoms with E-state index < -0.39 is 0 Å². The zero-order chi connectivity index (χ0) is 9.19. The van der Waals surface area contributed by atoms with Gasteiger partial charge in [-0.1, -0.05) is 25.1 Å². The molecule has 0 heterocycles. The summed E-state index contributed by atoms with van der Waals surface area (Å²) < 4.78 is 0.907. The van der Waals surface area contributed by atoms with Crippen molar-refractivity contribution < 1.29 is 0 Å². The largest absolute Gasteiger partial charge is 0.298 e. The van der Waals surface area contributed by atoms with E-state index in [0.29, 0.717) is 0 Å². The van der Waals surface area contributed by atoms with Gasteiger partial charge >= 0.3 is 0 Å². The average molecular weight is 283 g/mol. The minimum atomic E-state index is 0. The predicted molar refractivity (Wildman–Crippen MR) is 61.1 cm³/mol. The van der Waals surface area contributed by atoms with Crippen molar-refractivity contribution in [2.45, 2.75) is 13.3 Å². The maximum absolute atomic E-state index is 2.21. The Morgan fingerprint density at radius 2 is 1.62 bits per heavy atom. The van der Waals surface area contributed by atoms with Crippen molar-refractivity contribution in [2.24, 2.45) is 0 Å². The molecule has 0 saturated carbocycles. The second kappa shape index (κ2) is 5.01. The maximum atomic E-state index is 2.21. The molecule has 0 N–H and O–H groups in total. The van der Waals surface area contributed by atoms with E-state index >= 15 is 0 Å². The third-order valence-electron chi connectivity index (χ3n) is 2.10. The van der Waals surface area contributed by atoms with Crippen LogP contribution in [0.2, 0.25) is 0 Å². The molecule has 1 nitrogen and oxygen atoms in total. The summed E-state index contributed by atoms with van der Waals surface area (Å²) in [5.41, 5.74) is 2.87. The van der Waals surface area contributed by atoms with Gasteiger partial charge in [-0.05, 0) is 12.5 Å². The summed E-state index contributed by atoms with van der Waals surface area (Å²) in [5.74, 6) is 0. The van der Waals surface area contributed by atoms with Gasteiger partial charge in [-0.2, -0.15) is 0 Å². The van der Waals surface area contributed by atoms with Crippen LogP contribution in [0.15, 0.2) is 24.3 Å². The molecule has 1 aromatic rings. The Morgan fingerprint density at radius 1 is 1.08 bits per heavy atom. The van der Waals surface area contributed by atoms with E-state index in [1.54, 1.807) is 0 Å². The Hall–Kier alpha value is -0.0213. The van der Waals surface area contributed by atoms with Gasteiger partial charge in [0.05, 0.1) is 21.1 Å². The molecule has 0 spiro atoms. The number of quaternary nitrogens is 1. The van der Waals surface area contributed by atoms with Crippen LogP contribution in [-0.2, 0) is 6.42 Å². The predicted octanol–water partition coefficient (Wildman–Crippen LogP) is 2.06. The molecule has 0 bridgehead atoms. The summed E-state index contributed by atoms with van der Waals surface area (Å²) in [6.07, 6.45) is 1.12. The van der Waals surface area contributed by atoms with Gasteiger partial charge in [0.2, 0.25) is 0 Å². The van der Waals surface area contributed by atoms with Crippen LogP contribution in [0.5, 0.6) is 0 Å². The first kappa shape index (κ1) is 13.0. The minimum Gasteiger partial charge on any atom is -0.298 e. The van der Waals surface area contributed by atoms with E-state index in [0.717, 1.165) is 10.9 Å². The van der Waals surface area contributed by atoms with E-state index in [1.165, 1.54) is 11.3 Å². The molecule has 13 heavy (non-hydrogen) atoms. The van der Waals surface area contributed by atoms with Crippen molar-refractivity contribution in [1.82, 2.24) is 4.48 Å². The first-order valence-electron chi connectivity index (χ1n) is 4.45. The van der Waals surface area contributed by atoms with E-state index in [-0.39, 0.29) is 23.9 Å². The first-order chi connectivity index (χ1) is 5.55. The summed E-state index contributed by atoms with van der Waals surface area (Å²) >= 11 is 0. The van der Waals surface area contributed by atoms with Crippen LogP contribution in [-0.4, -0.2) is 45.1 Å². The summed E-state index contributed by atoms with van der Waals surface area (Å²) in [5, 5.41) is 0. The monoisotopic (exact) mass is 284 g/mol. The number of nitrogens with zero attached hydrogens (tertiary/aromatic N) is 1. The van der Waals surface area contributed by atoms with Crippen molar-refractivity contribution in [1.29, 1.82) is 0 Å². The molecule has 0 unspecified atom stereocenters. The Morgan fingerprint density at radius 3 is 2.00 bits per heavy atom. The fraction of sp³-hybridized carbons (Fsp3) is 0.455. The van der Waals surface area contributed by atoms with E-state index in [9.17, 15) is 0 Å². The molecule has 0 amide bonds. The molecule has 0 saturated heterocycles. The standard InChI is InChI=1S/C11H18N.Sn/c1-5-10-8-6-7-9-11(10)12(2,3)4;/h6-9H,5H2,1-4H3;/q+1;. The van der Waals surface area contributed by atoms with Crippen molar-refractivity contribution >= 4 is 29.6 Å². The molecule has 0 fully saturated rings. The number of para-hydroxylation sites is 1. The molecule has 0 aliphatic rings. The summed E-state index contributed by atoms with van der Waals surface area (Å²) in [4.78, 5) is 0. The summed E-state index contributed by atoms with van der Waals surface area (Å²) in [6, 6.07) is 8.63. The number of hydrogen-bond acceptors (Lipinski definition) is 0. The van der Waals surface area contributed by atoms with Gasteiger partial charge in [0.1, 0.15) is 5.69 Å². The van der Waals surface area contributed by atoms with Crippen LogP contribution in [0.25, 0.3) is 0 Å². The zero-order valence-electron chi connectivity index (χ0n) is 8.96. The molecule has 2 heteroatoms. The topological polar surface area (TPSA) is 0 Å². The minimum absolute atomic E-state index is 0. The first-order valence-corrected chi connectivity index (χ1v) is 4.45. The molecule has 1 rings (SSSR count). The molecule has 0 aliphatic heterocycles. The number of hydrogen-bond donors (Lipinski definition) is 0. The molecular formula is C11H18NSn+. The van der Waals surface area contributed by atoms with Gasteiger partial charge in [0, 0.05) is 29.5 Å². The Labute approximate surface area is 98.3 Å². The fourth-order valence-electron chi connectivity index (χ4n) is 1.46. The summed E-state index contributed by atoms with van der Waals surface area (Å²) in [7, 11) is 6.61. The SMILES string of the molecule is CCc1ccccc1[N+](C)(C)C.[Sn]. The number of rotatable bonds is 2. The van der Waals surface area contributed by atoms with Crippen molar-refractivity contribution in [2.75, 3.05) is 21.1 Å². The van der Waals surface area contributed by atoms with Crippen LogP contribution in [0.3, 0.4) is 0 Å². The quantitative estimate of drug-likeness (QED) is 0.575. The Bertz CT molecular complexity index is 263. The van der Waals surface area contributed by atoms with E-state index in [2.05, 4.69) is 52.3 Å². The Kier molecular flexibility index (Phi) is 5.00. The molecule has 0 aliphatic carbocycles. The smallest absolute Gasteiger partial charge is 0.135 e. The van der Waals surface area contributed by atoms with Gasteiger partial charge in [0.25, 0.3) is 0 Å². The zero-order valence-corrected chi connectivity index (χ0v) is 11.8. The van der Waals surface area contributed by atoms with Gasteiger partial charge in [0.15, 0.2) is 0 Å².